The van der Waals surface area contributed by atoms with E-state index < -0.39 is 0 Å². The molecule has 0 bridgehead atoms. The fourth-order valence-corrected chi connectivity index (χ4v) is 2.63. The third-order valence-corrected chi connectivity index (χ3v) is 3.84. The van der Waals surface area contributed by atoms with E-state index in [0.717, 1.165) is 5.69 Å². The summed E-state index contributed by atoms with van der Waals surface area (Å²) in [5.41, 5.74) is 2.07. The third-order valence-electron chi connectivity index (χ3n) is 3.84. The summed E-state index contributed by atoms with van der Waals surface area (Å²) in [5, 5.41) is 7.33. The van der Waals surface area contributed by atoms with Crippen molar-refractivity contribution in [2.24, 2.45) is 0 Å². The summed E-state index contributed by atoms with van der Waals surface area (Å²) >= 11 is 0. The summed E-state index contributed by atoms with van der Waals surface area (Å²) in [5.74, 6) is 0.605. The smallest absolute Gasteiger partial charge is 0.255 e. The highest BCUT2D eigenvalue weighted by molar-refractivity contribution is 5.95. The van der Waals surface area contributed by atoms with E-state index in [1.54, 1.807) is 35.7 Å². The number of rotatable bonds is 5. The first-order valence-corrected chi connectivity index (χ1v) is 8.14. The van der Waals surface area contributed by atoms with Gasteiger partial charge in [-0.05, 0) is 25.0 Å². The average molecular weight is 336 g/mol. The van der Waals surface area contributed by atoms with Crippen molar-refractivity contribution in [2.75, 3.05) is 0 Å². The van der Waals surface area contributed by atoms with Gasteiger partial charge in [0.25, 0.3) is 5.91 Å². The number of nitrogens with zero attached hydrogens (tertiary/aromatic N) is 5. The largest absolute Gasteiger partial charge is 0.344 e. The summed E-state index contributed by atoms with van der Waals surface area (Å²) in [6.45, 7) is 5.93. The van der Waals surface area contributed by atoms with Crippen molar-refractivity contribution in [3.8, 4) is 5.82 Å². The van der Waals surface area contributed by atoms with E-state index in [-0.39, 0.29) is 17.9 Å². The summed E-state index contributed by atoms with van der Waals surface area (Å²) < 4.78 is 1.71. The van der Waals surface area contributed by atoms with Gasteiger partial charge >= 0.3 is 0 Å². The lowest BCUT2D eigenvalue weighted by Crippen LogP contribution is -2.28. The number of pyridine rings is 1. The van der Waals surface area contributed by atoms with Crippen LogP contribution in [0.2, 0.25) is 0 Å². The standard InChI is InChI=1S/C18H20N6O/c1-12(2)17-14(10-22-24(17)16-6-4-5-7-21-16)18(25)23-13(3)15-11-19-8-9-20-15/h4-13H,1-3H3,(H,23,25)/t13-/m1/s1. The summed E-state index contributed by atoms with van der Waals surface area (Å²) in [6.07, 6.45) is 8.15. The van der Waals surface area contributed by atoms with Crippen LogP contribution in [0.15, 0.2) is 49.2 Å². The number of nitrogens with one attached hydrogen (secondary N) is 1. The molecule has 3 rings (SSSR count). The molecule has 3 aromatic heterocycles. The van der Waals surface area contributed by atoms with Crippen molar-refractivity contribution in [3.63, 3.8) is 0 Å². The lowest BCUT2D eigenvalue weighted by atomic mass is 10.0. The molecule has 3 aromatic rings. The quantitative estimate of drug-likeness (QED) is 0.774. The zero-order valence-electron chi connectivity index (χ0n) is 14.4. The maximum absolute atomic E-state index is 12.8. The predicted molar refractivity (Wildman–Crippen MR) is 93.4 cm³/mol. The Morgan fingerprint density at radius 1 is 1.08 bits per heavy atom. The van der Waals surface area contributed by atoms with E-state index in [9.17, 15) is 4.79 Å². The van der Waals surface area contributed by atoms with Crippen molar-refractivity contribution in [3.05, 3.63) is 66.1 Å². The van der Waals surface area contributed by atoms with E-state index in [0.29, 0.717) is 17.1 Å². The molecule has 0 aromatic carbocycles. The molecule has 7 heteroatoms. The van der Waals surface area contributed by atoms with E-state index in [2.05, 4.69) is 25.4 Å². The fourth-order valence-electron chi connectivity index (χ4n) is 2.63. The summed E-state index contributed by atoms with van der Waals surface area (Å²) in [7, 11) is 0. The number of hydrogen-bond acceptors (Lipinski definition) is 5. The highest BCUT2D eigenvalue weighted by Crippen LogP contribution is 2.22. The lowest BCUT2D eigenvalue weighted by Gasteiger charge is -2.15. The molecular weight excluding hydrogens is 316 g/mol. The van der Waals surface area contributed by atoms with Crippen molar-refractivity contribution in [2.45, 2.75) is 32.7 Å². The van der Waals surface area contributed by atoms with Crippen molar-refractivity contribution in [1.82, 2.24) is 30.0 Å². The van der Waals surface area contributed by atoms with Gasteiger partial charge in [0.15, 0.2) is 5.82 Å². The lowest BCUT2D eigenvalue weighted by molar-refractivity contribution is 0.0937. The van der Waals surface area contributed by atoms with Crippen LogP contribution in [0, 0.1) is 0 Å². The Hall–Kier alpha value is -3.09. The Labute approximate surface area is 146 Å². The second-order valence-corrected chi connectivity index (χ2v) is 6.02. The molecule has 0 aliphatic heterocycles. The number of hydrogen-bond donors (Lipinski definition) is 1. The molecule has 0 unspecified atom stereocenters. The van der Waals surface area contributed by atoms with Crippen molar-refractivity contribution >= 4 is 5.91 Å². The van der Waals surface area contributed by atoms with Crippen LogP contribution in [0.5, 0.6) is 0 Å². The van der Waals surface area contributed by atoms with Crippen LogP contribution in [0.1, 0.15) is 54.5 Å². The molecule has 0 saturated heterocycles. The molecule has 1 N–H and O–H groups in total. The van der Waals surface area contributed by atoms with E-state index >= 15 is 0 Å². The average Bonchev–Trinajstić information content (AvgIpc) is 3.08. The minimum absolute atomic E-state index is 0.108. The van der Waals surface area contributed by atoms with Crippen LogP contribution >= 0.6 is 0 Å². The maximum Gasteiger partial charge on any atom is 0.255 e. The molecule has 1 amide bonds. The summed E-state index contributed by atoms with van der Waals surface area (Å²) in [6, 6.07) is 5.35. The Bertz CT molecular complexity index is 845. The second-order valence-electron chi connectivity index (χ2n) is 6.02. The maximum atomic E-state index is 12.8. The topological polar surface area (TPSA) is 85.6 Å². The normalized spacial score (nSPS) is 12.2. The molecule has 0 fully saturated rings. The van der Waals surface area contributed by atoms with Gasteiger partial charge in [0.1, 0.15) is 0 Å². The van der Waals surface area contributed by atoms with Gasteiger partial charge in [-0.15, -0.1) is 0 Å². The molecule has 0 aliphatic rings. The van der Waals surface area contributed by atoms with E-state index in [4.69, 9.17) is 0 Å². The Morgan fingerprint density at radius 3 is 2.56 bits per heavy atom. The molecule has 1 atom stereocenters. The van der Waals surface area contributed by atoms with Gasteiger partial charge in [0, 0.05) is 18.6 Å². The minimum atomic E-state index is -0.251. The molecule has 0 saturated carbocycles. The molecule has 3 heterocycles. The molecule has 0 spiro atoms. The number of carbonyl (C=O) groups is 1. The van der Waals surface area contributed by atoms with Crippen LogP contribution in [0.4, 0.5) is 0 Å². The van der Waals surface area contributed by atoms with E-state index in [1.165, 1.54) is 0 Å². The predicted octanol–water partition coefficient (Wildman–Crippen LogP) is 2.67. The van der Waals surface area contributed by atoms with Gasteiger partial charge in [-0.2, -0.15) is 5.10 Å². The number of carbonyl (C=O) groups excluding carboxylic acids is 1. The van der Waals surface area contributed by atoms with Gasteiger partial charge in [0.2, 0.25) is 0 Å². The molecule has 7 nitrogen and oxygen atoms in total. The van der Waals surface area contributed by atoms with Gasteiger partial charge in [-0.1, -0.05) is 19.9 Å². The molecule has 0 aliphatic carbocycles. The van der Waals surface area contributed by atoms with Crippen LogP contribution < -0.4 is 5.32 Å². The highest BCUT2D eigenvalue weighted by atomic mass is 16.1. The van der Waals surface area contributed by atoms with Crippen LogP contribution in [0.3, 0.4) is 0 Å². The molecule has 0 radical (unpaired) electrons. The number of aromatic nitrogens is 5. The van der Waals surface area contributed by atoms with Gasteiger partial charge in [0.05, 0.1) is 35.4 Å². The summed E-state index contributed by atoms with van der Waals surface area (Å²) in [4.78, 5) is 25.4. The van der Waals surface area contributed by atoms with Crippen molar-refractivity contribution < 1.29 is 4.79 Å². The first-order chi connectivity index (χ1) is 12.1. The molecule has 25 heavy (non-hydrogen) atoms. The first kappa shape index (κ1) is 16.8. The highest BCUT2D eigenvalue weighted by Gasteiger charge is 2.22. The third kappa shape index (κ3) is 3.55. The first-order valence-electron chi connectivity index (χ1n) is 8.14. The Kier molecular flexibility index (Phi) is 4.83. The van der Waals surface area contributed by atoms with Gasteiger partial charge in [-0.3, -0.25) is 14.8 Å². The zero-order valence-corrected chi connectivity index (χ0v) is 14.4. The SMILES string of the molecule is CC(C)c1c(C(=O)N[C@H](C)c2cnccn2)cnn1-c1ccccn1. The number of amides is 1. The van der Waals surface area contributed by atoms with Crippen LogP contribution in [-0.4, -0.2) is 30.6 Å². The minimum Gasteiger partial charge on any atom is -0.344 e. The van der Waals surface area contributed by atoms with Crippen LogP contribution in [-0.2, 0) is 0 Å². The molecular formula is C18H20N6O. The Balaban J connectivity index is 1.89. The van der Waals surface area contributed by atoms with Gasteiger partial charge in [-0.25, -0.2) is 9.67 Å². The van der Waals surface area contributed by atoms with E-state index in [1.807, 2.05) is 39.0 Å². The van der Waals surface area contributed by atoms with Crippen molar-refractivity contribution in [1.29, 1.82) is 0 Å². The zero-order chi connectivity index (χ0) is 17.8. The second kappa shape index (κ2) is 7.21. The van der Waals surface area contributed by atoms with Gasteiger partial charge < -0.3 is 5.32 Å². The Morgan fingerprint density at radius 2 is 1.92 bits per heavy atom. The molecule has 128 valence electrons. The monoisotopic (exact) mass is 336 g/mol. The van der Waals surface area contributed by atoms with Crippen LogP contribution in [0.25, 0.3) is 5.82 Å². The fraction of sp³-hybridized carbons (Fsp3) is 0.278.